The normalized spacial score (nSPS) is 9.55. The molecule has 0 aromatic rings. The molecule has 0 aliphatic carbocycles. The molecule has 0 aliphatic heterocycles. The van der Waals surface area contributed by atoms with Crippen molar-refractivity contribution in [2.45, 2.75) is 0 Å². The third kappa shape index (κ3) is 9.74. The van der Waals surface area contributed by atoms with Gasteiger partial charge in [0.2, 0.25) is 5.94 Å². The summed E-state index contributed by atoms with van der Waals surface area (Å²) in [6, 6.07) is 0. The molecule has 1 N–H and O–H groups in total. The van der Waals surface area contributed by atoms with Crippen LogP contribution in [0, 0.1) is 0 Å². The number of rotatable bonds is 3. The summed E-state index contributed by atoms with van der Waals surface area (Å²) in [6.07, 6.45) is 0.797. The number of hydrogen-bond acceptors (Lipinski definition) is 4. The molecule has 0 unspecified atom stereocenters. The van der Waals surface area contributed by atoms with Crippen LogP contribution in [0.1, 0.15) is 0 Å². The molecule has 60 valence electrons. The second-order valence-electron chi connectivity index (χ2n) is 1.37. The molecule has 0 fully saturated rings. The topological polar surface area (TPSA) is 80.7 Å². The zero-order valence-corrected chi connectivity index (χ0v) is 9.47. The van der Waals surface area contributed by atoms with Crippen molar-refractivity contribution in [2.24, 2.45) is 0 Å². The molecule has 0 amide bonds. The number of carbonyl (C=O) groups excluding carboxylic acids is 1. The van der Waals surface area contributed by atoms with E-state index < -0.39 is 22.0 Å². The van der Waals surface area contributed by atoms with Gasteiger partial charge in [0.1, 0.15) is 0 Å². The first-order chi connectivity index (χ1) is 4.45. The van der Waals surface area contributed by atoms with E-state index in [1.54, 1.807) is 0 Å². The van der Waals surface area contributed by atoms with Crippen molar-refractivity contribution in [3.63, 3.8) is 0 Å². The van der Waals surface area contributed by atoms with Crippen molar-refractivity contribution < 1.29 is 42.0 Å². The van der Waals surface area contributed by atoms with Crippen LogP contribution >= 0.6 is 0 Å². The molecule has 11 heavy (non-hydrogen) atoms. The average Bonchev–Trinajstić information content (AvgIpc) is 1.81. The van der Waals surface area contributed by atoms with Crippen LogP contribution in [-0.4, -0.2) is 24.9 Å². The van der Waals surface area contributed by atoms with E-state index in [-0.39, 0.29) is 19.5 Å². The Hall–Kier alpha value is -0.257. The Morgan fingerprint density at radius 3 is 2.36 bits per heavy atom. The molecule has 7 heteroatoms. The minimum absolute atomic E-state index is 0. The Morgan fingerprint density at radius 2 is 2.09 bits per heavy atom. The van der Waals surface area contributed by atoms with Crippen molar-refractivity contribution in [1.29, 1.82) is 0 Å². The quantitative estimate of drug-likeness (QED) is 0.308. The van der Waals surface area contributed by atoms with Gasteiger partial charge in [-0.15, -0.1) is 0 Å². The Balaban J connectivity index is 0. The molecule has 5 nitrogen and oxygen atoms in total. The van der Waals surface area contributed by atoms with Gasteiger partial charge in [-0.3, -0.25) is 4.55 Å². The summed E-state index contributed by atoms with van der Waals surface area (Å²) in [5.74, 6) is -1.92. The van der Waals surface area contributed by atoms with E-state index in [4.69, 9.17) is 4.55 Å². The van der Waals surface area contributed by atoms with Crippen LogP contribution < -0.4 is 0 Å². The number of ether oxygens (including phenoxy) is 1. The van der Waals surface area contributed by atoms with E-state index in [2.05, 4.69) is 11.3 Å². The summed E-state index contributed by atoms with van der Waals surface area (Å²) >= 11 is 0. The van der Waals surface area contributed by atoms with Crippen LogP contribution in [0.15, 0.2) is 12.7 Å². The van der Waals surface area contributed by atoms with Crippen molar-refractivity contribution in [3.8, 4) is 0 Å². The maximum absolute atomic E-state index is 10.1. The van der Waals surface area contributed by atoms with Crippen LogP contribution in [0.5, 0.6) is 0 Å². The van der Waals surface area contributed by atoms with Crippen LogP contribution in [0.3, 0.4) is 0 Å². The first-order valence-electron chi connectivity index (χ1n) is 2.20. The third-order valence-electron chi connectivity index (χ3n) is 0.517. The Kier molecular flexibility index (Phi) is 6.55. The van der Waals surface area contributed by atoms with Crippen LogP contribution in [0.4, 0.5) is 0 Å². The number of esters is 1. The smallest absolute Gasteiger partial charge is 0.331 e. The molecule has 0 aromatic carbocycles. The fraction of sp³-hybridized carbons (Fsp3) is 0.250. The fourth-order valence-corrected chi connectivity index (χ4v) is 0.457. The van der Waals surface area contributed by atoms with Gasteiger partial charge in [-0.05, 0) is 0 Å². The summed E-state index contributed by atoms with van der Waals surface area (Å²) in [5, 5.41) is 0. The second-order valence-corrected chi connectivity index (χ2v) is 2.77. The molecular weight excluding hydrogens is 225 g/mol. The Bertz CT molecular complexity index is 231. The van der Waals surface area contributed by atoms with Gasteiger partial charge in [0.05, 0.1) is 0 Å². The van der Waals surface area contributed by atoms with Gasteiger partial charge in [-0.2, -0.15) is 8.42 Å². The molecule has 0 bridgehead atoms. The van der Waals surface area contributed by atoms with Gasteiger partial charge in [0.15, 0.2) is 0 Å². The largest absolute Gasteiger partial charge is 0.444 e. The first kappa shape index (κ1) is 13.3. The summed E-state index contributed by atoms with van der Waals surface area (Å²) in [6.45, 7) is 3.01. The molecule has 0 radical (unpaired) electrons. The molecule has 0 atom stereocenters. The van der Waals surface area contributed by atoms with E-state index in [9.17, 15) is 13.2 Å². The second kappa shape index (κ2) is 5.40. The predicted octanol–water partition coefficient (Wildman–Crippen LogP) is -0.442. The first-order valence-corrected chi connectivity index (χ1v) is 3.81. The fourth-order valence-electron chi connectivity index (χ4n) is 0.191. The monoisotopic (exact) mass is 230 g/mol. The molecule has 0 saturated heterocycles. The van der Waals surface area contributed by atoms with Gasteiger partial charge in [0.25, 0.3) is 0 Å². The van der Waals surface area contributed by atoms with Crippen LogP contribution in [0.2, 0.25) is 0 Å². The van der Waals surface area contributed by atoms with E-state index in [0.29, 0.717) is 0 Å². The van der Waals surface area contributed by atoms with Crippen molar-refractivity contribution in [2.75, 3.05) is 5.94 Å². The average molecular weight is 232 g/mol. The van der Waals surface area contributed by atoms with Gasteiger partial charge >= 0.3 is 16.1 Å². The minimum atomic E-state index is -4.22. The third-order valence-corrected chi connectivity index (χ3v) is 0.932. The summed E-state index contributed by atoms with van der Waals surface area (Å²) in [5.41, 5.74) is 0. The molecular formula is C4H6O5SZn. The summed E-state index contributed by atoms with van der Waals surface area (Å²) < 4.78 is 31.8. The molecule has 0 aromatic heterocycles. The van der Waals surface area contributed by atoms with E-state index in [1.165, 1.54) is 0 Å². The van der Waals surface area contributed by atoms with Gasteiger partial charge < -0.3 is 4.74 Å². The molecule has 0 rings (SSSR count). The maximum Gasteiger partial charge on any atom is 0.331 e. The van der Waals surface area contributed by atoms with Crippen molar-refractivity contribution >= 4 is 16.1 Å². The maximum atomic E-state index is 10.1. The van der Waals surface area contributed by atoms with Gasteiger partial charge in [-0.25, -0.2) is 4.79 Å². The van der Waals surface area contributed by atoms with Crippen molar-refractivity contribution in [3.05, 3.63) is 12.7 Å². The SMILES string of the molecule is C=CC(=O)OCS(=O)(=O)O.[Zn]. The van der Waals surface area contributed by atoms with Crippen LogP contribution in [-0.2, 0) is 39.1 Å². The predicted molar refractivity (Wildman–Crippen MR) is 32.7 cm³/mol. The van der Waals surface area contributed by atoms with E-state index in [0.717, 1.165) is 6.08 Å². The number of hydrogen-bond donors (Lipinski definition) is 1. The summed E-state index contributed by atoms with van der Waals surface area (Å²) in [7, 11) is -4.22. The van der Waals surface area contributed by atoms with E-state index >= 15 is 0 Å². The Labute approximate surface area is 76.9 Å². The molecule has 0 saturated carbocycles. The molecule has 0 aliphatic rings. The number of carbonyl (C=O) groups is 1. The summed E-state index contributed by atoms with van der Waals surface area (Å²) in [4.78, 5) is 10.1. The van der Waals surface area contributed by atoms with Gasteiger partial charge in [-0.1, -0.05) is 6.58 Å². The van der Waals surface area contributed by atoms with Crippen LogP contribution in [0.25, 0.3) is 0 Å². The zero-order valence-electron chi connectivity index (χ0n) is 5.69. The van der Waals surface area contributed by atoms with E-state index in [1.807, 2.05) is 0 Å². The zero-order chi connectivity index (χ0) is 8.20. The van der Waals surface area contributed by atoms with Crippen molar-refractivity contribution in [1.82, 2.24) is 0 Å². The molecule has 0 heterocycles. The minimum Gasteiger partial charge on any atom is -0.444 e. The standard InChI is InChI=1S/C4H6O5S.Zn/c1-2-4(5)9-3-10(6,7)8;/h2H,1,3H2,(H,6,7,8);. The van der Waals surface area contributed by atoms with Gasteiger partial charge in [0, 0.05) is 25.6 Å². The molecule has 0 spiro atoms. The Morgan fingerprint density at radius 1 is 1.64 bits per heavy atom.